The summed E-state index contributed by atoms with van der Waals surface area (Å²) in [6.07, 6.45) is 0.468. The van der Waals surface area contributed by atoms with Crippen LogP contribution in [-0.4, -0.2) is 37.0 Å². The van der Waals surface area contributed by atoms with E-state index in [4.69, 9.17) is 0 Å². The molecule has 1 saturated heterocycles. The average molecular weight is 287 g/mol. The molecule has 1 aromatic carbocycles. The van der Waals surface area contributed by atoms with Crippen molar-refractivity contribution in [2.24, 2.45) is 5.92 Å². The van der Waals surface area contributed by atoms with Crippen LogP contribution >= 0.6 is 12.4 Å². The maximum Gasteiger partial charge on any atom is 0.225 e. The van der Waals surface area contributed by atoms with Crippen LogP contribution in [0.3, 0.4) is 0 Å². The van der Waals surface area contributed by atoms with Crippen LogP contribution in [0.5, 0.6) is 0 Å². The van der Waals surface area contributed by atoms with Crippen LogP contribution in [0.2, 0.25) is 0 Å². The lowest BCUT2D eigenvalue weighted by Crippen LogP contribution is -2.48. The molecule has 1 heterocycles. The Bertz CT molecular complexity index is 422. The zero-order valence-corrected chi connectivity index (χ0v) is 11.9. The van der Waals surface area contributed by atoms with Crippen molar-refractivity contribution in [2.45, 2.75) is 13.3 Å². The molecule has 1 N–H and O–H groups in total. The molecule has 1 amide bonds. The normalized spacial score (nSPS) is 16.6. The second-order valence-electron chi connectivity index (χ2n) is 4.77. The van der Waals surface area contributed by atoms with E-state index >= 15 is 0 Å². The van der Waals surface area contributed by atoms with Gasteiger partial charge in [0.15, 0.2) is 0 Å². The van der Waals surface area contributed by atoms with Gasteiger partial charge in [-0.3, -0.25) is 4.79 Å². The van der Waals surface area contributed by atoms with E-state index in [-0.39, 0.29) is 30.0 Å². The molecule has 0 radical (unpaired) electrons. The van der Waals surface area contributed by atoms with E-state index in [0.717, 1.165) is 26.2 Å². The predicted octanol–water partition coefficient (Wildman–Crippen LogP) is 1.86. The van der Waals surface area contributed by atoms with E-state index in [0.29, 0.717) is 12.0 Å². The van der Waals surface area contributed by atoms with Crippen molar-refractivity contribution < 1.29 is 9.18 Å². The second-order valence-corrected chi connectivity index (χ2v) is 4.77. The van der Waals surface area contributed by atoms with Crippen LogP contribution in [0.25, 0.3) is 0 Å². The van der Waals surface area contributed by atoms with Crippen LogP contribution < -0.4 is 5.32 Å². The number of hydrogen-bond donors (Lipinski definition) is 1. The zero-order valence-electron chi connectivity index (χ0n) is 11.1. The molecule has 0 bridgehead atoms. The Balaban J connectivity index is 0.00000180. The number of carbonyl (C=O) groups excluding carboxylic acids is 1. The summed E-state index contributed by atoms with van der Waals surface area (Å²) in [6, 6.07) is 6.66. The van der Waals surface area contributed by atoms with Crippen molar-refractivity contribution in [1.82, 2.24) is 10.2 Å². The summed E-state index contributed by atoms with van der Waals surface area (Å²) in [5.74, 6) is -0.266. The average Bonchev–Trinajstić information content (AvgIpc) is 2.41. The van der Waals surface area contributed by atoms with Gasteiger partial charge in [-0.2, -0.15) is 0 Å². The summed E-state index contributed by atoms with van der Waals surface area (Å²) in [5.41, 5.74) is 0.619. The van der Waals surface area contributed by atoms with Crippen molar-refractivity contribution in [3.8, 4) is 0 Å². The Morgan fingerprint density at radius 2 is 2.00 bits per heavy atom. The molecule has 1 aliphatic heterocycles. The molecule has 19 heavy (non-hydrogen) atoms. The van der Waals surface area contributed by atoms with E-state index < -0.39 is 0 Å². The minimum Gasteiger partial charge on any atom is -0.340 e. The number of benzene rings is 1. The quantitative estimate of drug-likeness (QED) is 0.920. The van der Waals surface area contributed by atoms with Gasteiger partial charge in [0.2, 0.25) is 5.91 Å². The van der Waals surface area contributed by atoms with Crippen molar-refractivity contribution in [2.75, 3.05) is 26.2 Å². The molecule has 0 spiro atoms. The van der Waals surface area contributed by atoms with Gasteiger partial charge >= 0.3 is 0 Å². The molecule has 1 unspecified atom stereocenters. The molecule has 2 rings (SSSR count). The number of nitrogens with zero attached hydrogens (tertiary/aromatic N) is 1. The number of halogens is 2. The molecule has 1 fully saturated rings. The van der Waals surface area contributed by atoms with Crippen LogP contribution in [-0.2, 0) is 11.2 Å². The molecule has 3 nitrogen and oxygen atoms in total. The number of nitrogens with one attached hydrogen (secondary N) is 1. The molecule has 0 aliphatic carbocycles. The Kier molecular flexibility index (Phi) is 6.25. The van der Waals surface area contributed by atoms with Crippen molar-refractivity contribution in [1.29, 1.82) is 0 Å². The minimum absolute atomic E-state index is 0. The largest absolute Gasteiger partial charge is 0.340 e. The van der Waals surface area contributed by atoms with Crippen LogP contribution in [0.15, 0.2) is 24.3 Å². The molecule has 106 valence electrons. The summed E-state index contributed by atoms with van der Waals surface area (Å²) in [6.45, 7) is 5.06. The summed E-state index contributed by atoms with van der Waals surface area (Å²) in [7, 11) is 0. The first-order valence-corrected chi connectivity index (χ1v) is 6.41. The highest BCUT2D eigenvalue weighted by atomic mass is 35.5. The third-order valence-electron chi connectivity index (χ3n) is 3.33. The van der Waals surface area contributed by atoms with E-state index in [1.165, 1.54) is 6.07 Å². The van der Waals surface area contributed by atoms with Gasteiger partial charge in [-0.1, -0.05) is 25.1 Å². The topological polar surface area (TPSA) is 32.3 Å². The lowest BCUT2D eigenvalue weighted by Gasteiger charge is -2.29. The number of rotatable bonds is 3. The second kappa shape index (κ2) is 7.46. The zero-order chi connectivity index (χ0) is 13.0. The Morgan fingerprint density at radius 1 is 1.37 bits per heavy atom. The SMILES string of the molecule is CC(Cc1ccccc1F)C(=O)N1CCNCC1.Cl. The molecule has 1 aliphatic rings. The monoisotopic (exact) mass is 286 g/mol. The molecular weight excluding hydrogens is 267 g/mol. The maximum atomic E-state index is 13.5. The molecule has 0 saturated carbocycles. The van der Waals surface area contributed by atoms with Crippen LogP contribution in [0.4, 0.5) is 4.39 Å². The van der Waals surface area contributed by atoms with Crippen molar-refractivity contribution in [3.63, 3.8) is 0 Å². The fraction of sp³-hybridized carbons (Fsp3) is 0.500. The molecule has 0 aromatic heterocycles. The van der Waals surface area contributed by atoms with Gasteiger partial charge < -0.3 is 10.2 Å². The first kappa shape index (κ1) is 15.9. The third kappa shape index (κ3) is 4.18. The lowest BCUT2D eigenvalue weighted by atomic mass is 9.99. The van der Waals surface area contributed by atoms with Gasteiger partial charge in [0.25, 0.3) is 0 Å². The maximum absolute atomic E-state index is 13.5. The van der Waals surface area contributed by atoms with Gasteiger partial charge in [0, 0.05) is 32.1 Å². The highest BCUT2D eigenvalue weighted by Gasteiger charge is 2.22. The highest BCUT2D eigenvalue weighted by molar-refractivity contribution is 5.85. The van der Waals surface area contributed by atoms with Crippen LogP contribution in [0.1, 0.15) is 12.5 Å². The van der Waals surface area contributed by atoms with E-state index in [2.05, 4.69) is 5.32 Å². The molecule has 5 heteroatoms. The Hall–Kier alpha value is -1.13. The lowest BCUT2D eigenvalue weighted by molar-refractivity contribution is -0.135. The highest BCUT2D eigenvalue weighted by Crippen LogP contribution is 2.14. The number of piperazine rings is 1. The first-order valence-electron chi connectivity index (χ1n) is 6.41. The van der Waals surface area contributed by atoms with Gasteiger partial charge in [0.1, 0.15) is 5.82 Å². The molecular formula is C14H20ClFN2O. The summed E-state index contributed by atoms with van der Waals surface area (Å²) in [4.78, 5) is 14.1. The van der Waals surface area contributed by atoms with Crippen molar-refractivity contribution in [3.05, 3.63) is 35.6 Å². The molecule has 1 atom stereocenters. The number of amides is 1. The van der Waals surface area contributed by atoms with E-state index in [1.54, 1.807) is 18.2 Å². The first-order chi connectivity index (χ1) is 8.68. The minimum atomic E-state index is -0.225. The summed E-state index contributed by atoms with van der Waals surface area (Å²) < 4.78 is 13.5. The Labute approximate surface area is 119 Å². The standard InChI is InChI=1S/C14H19FN2O.ClH/c1-11(10-12-4-2-3-5-13(12)15)14(18)17-8-6-16-7-9-17;/h2-5,11,16H,6-10H2,1H3;1H. The van der Waals surface area contributed by atoms with Gasteiger partial charge in [-0.05, 0) is 18.1 Å². The van der Waals surface area contributed by atoms with E-state index in [9.17, 15) is 9.18 Å². The van der Waals surface area contributed by atoms with Gasteiger partial charge in [-0.25, -0.2) is 4.39 Å². The summed E-state index contributed by atoms with van der Waals surface area (Å²) in [5, 5.41) is 3.21. The number of hydrogen-bond acceptors (Lipinski definition) is 2. The molecule has 1 aromatic rings. The smallest absolute Gasteiger partial charge is 0.225 e. The van der Waals surface area contributed by atoms with Crippen molar-refractivity contribution >= 4 is 18.3 Å². The van der Waals surface area contributed by atoms with Gasteiger partial charge in [0.05, 0.1) is 0 Å². The third-order valence-corrected chi connectivity index (χ3v) is 3.33. The Morgan fingerprint density at radius 3 is 2.63 bits per heavy atom. The summed E-state index contributed by atoms with van der Waals surface area (Å²) >= 11 is 0. The van der Waals surface area contributed by atoms with E-state index in [1.807, 2.05) is 11.8 Å². The van der Waals surface area contributed by atoms with Crippen LogP contribution in [0, 0.1) is 11.7 Å². The fourth-order valence-electron chi connectivity index (χ4n) is 2.28. The number of carbonyl (C=O) groups is 1. The predicted molar refractivity (Wildman–Crippen MR) is 76.0 cm³/mol. The fourth-order valence-corrected chi connectivity index (χ4v) is 2.28. The van der Waals surface area contributed by atoms with Gasteiger partial charge in [-0.15, -0.1) is 12.4 Å².